The molecule has 0 radical (unpaired) electrons. The zero-order valence-corrected chi connectivity index (χ0v) is 18.3. The summed E-state index contributed by atoms with van der Waals surface area (Å²) in [5.41, 5.74) is 0.720. The monoisotopic (exact) mass is 434 g/mol. The lowest BCUT2D eigenvalue weighted by Gasteiger charge is -2.31. The number of hydrogen-bond donors (Lipinski definition) is 1. The molecule has 2 aromatic carbocycles. The summed E-state index contributed by atoms with van der Waals surface area (Å²) in [5, 5.41) is 3.34. The largest absolute Gasteiger partial charge is 0.482 e. The highest BCUT2D eigenvalue weighted by atomic mass is 35.5. The van der Waals surface area contributed by atoms with Crippen LogP contribution < -0.4 is 10.1 Å². The summed E-state index contributed by atoms with van der Waals surface area (Å²) in [6, 6.07) is 12.1. The molecule has 0 aliphatic carbocycles. The number of carbonyl (C=O) groups is 2. The van der Waals surface area contributed by atoms with Crippen LogP contribution in [0, 0.1) is 5.82 Å². The molecule has 2 amide bonds. The van der Waals surface area contributed by atoms with Gasteiger partial charge in [-0.3, -0.25) is 9.59 Å². The van der Waals surface area contributed by atoms with Crippen LogP contribution in [-0.4, -0.2) is 35.4 Å². The zero-order chi connectivity index (χ0) is 22.1. The lowest BCUT2D eigenvalue weighted by atomic mass is 10.1. The highest BCUT2D eigenvalue weighted by Crippen LogP contribution is 2.23. The van der Waals surface area contributed by atoms with Gasteiger partial charge in [0.2, 0.25) is 5.91 Å². The summed E-state index contributed by atoms with van der Waals surface area (Å²) in [4.78, 5) is 27.4. The molecule has 2 rings (SSSR count). The number of nitrogens with one attached hydrogen (secondary N) is 1. The summed E-state index contributed by atoms with van der Waals surface area (Å²) in [7, 11) is 0. The van der Waals surface area contributed by atoms with E-state index >= 15 is 0 Å². The van der Waals surface area contributed by atoms with Crippen molar-refractivity contribution in [2.75, 3.05) is 6.61 Å². The van der Waals surface area contributed by atoms with Crippen molar-refractivity contribution in [3.8, 4) is 5.75 Å². The molecular formula is C23H28ClFN2O3. The molecule has 0 fully saturated rings. The third-order valence-corrected chi connectivity index (χ3v) is 5.15. The van der Waals surface area contributed by atoms with Crippen LogP contribution in [0.15, 0.2) is 48.5 Å². The van der Waals surface area contributed by atoms with Gasteiger partial charge in [0.25, 0.3) is 5.91 Å². The van der Waals surface area contributed by atoms with Gasteiger partial charge < -0.3 is 15.0 Å². The summed E-state index contributed by atoms with van der Waals surface area (Å²) in [6.07, 6.45) is 1.21. The van der Waals surface area contributed by atoms with Crippen LogP contribution in [0.3, 0.4) is 0 Å². The SMILES string of the molecule is CC[C@H](C)NC(=O)[C@H](CC)N(Cc1ccc(F)cc1)C(=O)COc1ccccc1Cl. The highest BCUT2D eigenvalue weighted by molar-refractivity contribution is 6.32. The number of benzene rings is 2. The Morgan fingerprint density at radius 1 is 1.10 bits per heavy atom. The fourth-order valence-corrected chi connectivity index (χ4v) is 3.12. The van der Waals surface area contributed by atoms with Gasteiger partial charge in [0.05, 0.1) is 5.02 Å². The van der Waals surface area contributed by atoms with Gasteiger partial charge in [-0.05, 0) is 49.6 Å². The molecule has 0 saturated heterocycles. The van der Waals surface area contributed by atoms with Crippen molar-refractivity contribution in [3.05, 3.63) is 64.9 Å². The van der Waals surface area contributed by atoms with E-state index in [4.69, 9.17) is 16.3 Å². The van der Waals surface area contributed by atoms with Gasteiger partial charge in [0, 0.05) is 12.6 Å². The van der Waals surface area contributed by atoms with E-state index in [1.54, 1.807) is 36.4 Å². The van der Waals surface area contributed by atoms with E-state index in [-0.39, 0.29) is 36.8 Å². The quantitative estimate of drug-likeness (QED) is 0.595. The van der Waals surface area contributed by atoms with Crippen LogP contribution >= 0.6 is 11.6 Å². The summed E-state index contributed by atoms with van der Waals surface area (Å²) >= 11 is 6.10. The topological polar surface area (TPSA) is 58.6 Å². The van der Waals surface area contributed by atoms with Crippen molar-refractivity contribution in [2.45, 2.75) is 52.2 Å². The van der Waals surface area contributed by atoms with Crippen LogP contribution in [-0.2, 0) is 16.1 Å². The molecular weight excluding hydrogens is 407 g/mol. The van der Waals surface area contributed by atoms with Crippen LogP contribution in [0.2, 0.25) is 5.02 Å². The molecule has 5 nitrogen and oxygen atoms in total. The predicted octanol–water partition coefficient (Wildman–Crippen LogP) is 4.58. The Morgan fingerprint density at radius 3 is 2.37 bits per heavy atom. The number of hydrogen-bond acceptors (Lipinski definition) is 3. The molecule has 0 saturated carbocycles. The van der Waals surface area contributed by atoms with Crippen LogP contribution in [0.5, 0.6) is 5.75 Å². The Hall–Kier alpha value is -2.60. The number of para-hydroxylation sites is 1. The summed E-state index contributed by atoms with van der Waals surface area (Å²) in [5.74, 6) is -0.544. The predicted molar refractivity (Wildman–Crippen MR) is 116 cm³/mol. The average molecular weight is 435 g/mol. The van der Waals surface area contributed by atoms with Crippen molar-refractivity contribution in [3.63, 3.8) is 0 Å². The number of carbonyl (C=O) groups excluding carboxylic acids is 2. The van der Waals surface area contributed by atoms with Gasteiger partial charge >= 0.3 is 0 Å². The van der Waals surface area contributed by atoms with E-state index in [1.165, 1.54) is 17.0 Å². The normalized spacial score (nSPS) is 12.7. The van der Waals surface area contributed by atoms with E-state index in [0.717, 1.165) is 12.0 Å². The van der Waals surface area contributed by atoms with Crippen molar-refractivity contribution < 1.29 is 18.7 Å². The standard InChI is InChI=1S/C23H28ClFN2O3/c1-4-16(3)26-23(29)20(5-2)27(14-17-10-12-18(25)13-11-17)22(28)15-30-21-9-7-6-8-19(21)24/h6-13,16,20H,4-5,14-15H2,1-3H3,(H,26,29)/t16-,20-/m0/s1. The van der Waals surface area contributed by atoms with Gasteiger partial charge in [-0.15, -0.1) is 0 Å². The van der Waals surface area contributed by atoms with Gasteiger partial charge in [-0.2, -0.15) is 0 Å². The minimum atomic E-state index is -0.675. The first-order chi connectivity index (χ1) is 14.3. The van der Waals surface area contributed by atoms with Crippen LogP contribution in [0.4, 0.5) is 4.39 Å². The molecule has 0 spiro atoms. The van der Waals surface area contributed by atoms with Crippen molar-refractivity contribution in [2.24, 2.45) is 0 Å². The molecule has 2 aromatic rings. The maximum atomic E-state index is 13.3. The second kappa shape index (κ2) is 11.6. The maximum absolute atomic E-state index is 13.3. The zero-order valence-electron chi connectivity index (χ0n) is 17.5. The van der Waals surface area contributed by atoms with Gasteiger partial charge in [-0.25, -0.2) is 4.39 Å². The summed E-state index contributed by atoms with van der Waals surface area (Å²) < 4.78 is 18.9. The molecule has 30 heavy (non-hydrogen) atoms. The molecule has 0 aliphatic rings. The Kier molecular flexibility index (Phi) is 9.12. The Bertz CT molecular complexity index is 845. The van der Waals surface area contributed by atoms with E-state index in [0.29, 0.717) is 17.2 Å². The second-order valence-corrected chi connectivity index (χ2v) is 7.52. The van der Waals surface area contributed by atoms with Crippen LogP contribution in [0.1, 0.15) is 39.2 Å². The number of halogens is 2. The number of nitrogens with zero attached hydrogens (tertiary/aromatic N) is 1. The fourth-order valence-electron chi connectivity index (χ4n) is 2.93. The molecule has 1 N–H and O–H groups in total. The minimum Gasteiger partial charge on any atom is -0.482 e. The van der Waals surface area contributed by atoms with Crippen molar-refractivity contribution in [1.82, 2.24) is 10.2 Å². The van der Waals surface area contributed by atoms with Gasteiger partial charge in [0.15, 0.2) is 6.61 Å². The highest BCUT2D eigenvalue weighted by Gasteiger charge is 2.29. The molecule has 0 unspecified atom stereocenters. The van der Waals surface area contributed by atoms with E-state index in [9.17, 15) is 14.0 Å². The first kappa shape index (κ1) is 23.7. The Balaban J connectivity index is 2.21. The maximum Gasteiger partial charge on any atom is 0.261 e. The van der Waals surface area contributed by atoms with E-state index < -0.39 is 6.04 Å². The van der Waals surface area contributed by atoms with Crippen LogP contribution in [0.25, 0.3) is 0 Å². The Morgan fingerprint density at radius 2 is 1.77 bits per heavy atom. The van der Waals surface area contributed by atoms with Gasteiger partial charge in [-0.1, -0.05) is 49.7 Å². The molecule has 0 bridgehead atoms. The molecule has 162 valence electrons. The first-order valence-corrected chi connectivity index (χ1v) is 10.4. The number of ether oxygens (including phenoxy) is 1. The average Bonchev–Trinajstić information content (AvgIpc) is 2.74. The van der Waals surface area contributed by atoms with Gasteiger partial charge in [0.1, 0.15) is 17.6 Å². The fraction of sp³-hybridized carbons (Fsp3) is 0.391. The lowest BCUT2D eigenvalue weighted by molar-refractivity contribution is -0.143. The number of rotatable bonds is 10. The smallest absolute Gasteiger partial charge is 0.261 e. The van der Waals surface area contributed by atoms with Crippen molar-refractivity contribution in [1.29, 1.82) is 0 Å². The van der Waals surface area contributed by atoms with Crippen molar-refractivity contribution >= 4 is 23.4 Å². The molecule has 0 aromatic heterocycles. The molecule has 7 heteroatoms. The summed E-state index contributed by atoms with van der Waals surface area (Å²) in [6.45, 7) is 5.64. The molecule has 0 heterocycles. The number of amides is 2. The molecule has 0 aliphatic heterocycles. The minimum absolute atomic E-state index is 0.00583. The third kappa shape index (κ3) is 6.73. The third-order valence-electron chi connectivity index (χ3n) is 4.84. The Labute approximate surface area is 182 Å². The molecule has 2 atom stereocenters. The first-order valence-electron chi connectivity index (χ1n) is 10.1. The second-order valence-electron chi connectivity index (χ2n) is 7.11. The lowest BCUT2D eigenvalue weighted by Crippen LogP contribution is -2.51. The van der Waals surface area contributed by atoms with E-state index in [2.05, 4.69) is 5.32 Å². The van der Waals surface area contributed by atoms with E-state index in [1.807, 2.05) is 20.8 Å².